The van der Waals surface area contributed by atoms with E-state index in [1.54, 1.807) is 0 Å². The van der Waals surface area contributed by atoms with Crippen LogP contribution in [0.15, 0.2) is 0 Å². The molecular formula is C13H21N5O. The molecule has 0 unspecified atom stereocenters. The molecule has 1 amide bonds. The highest BCUT2D eigenvalue weighted by Crippen LogP contribution is 2.25. The van der Waals surface area contributed by atoms with E-state index < -0.39 is 0 Å². The predicted molar refractivity (Wildman–Crippen MR) is 70.5 cm³/mol. The molecule has 1 aromatic heterocycles. The van der Waals surface area contributed by atoms with E-state index in [0.717, 1.165) is 31.2 Å². The number of amides is 1. The molecule has 104 valence electrons. The normalized spacial score (nSPS) is 18.8. The Kier molecular flexibility index (Phi) is 3.26. The summed E-state index contributed by atoms with van der Waals surface area (Å²) in [5.41, 5.74) is 0. The van der Waals surface area contributed by atoms with Crippen LogP contribution in [-0.2, 0) is 24.3 Å². The van der Waals surface area contributed by atoms with Gasteiger partial charge in [0.15, 0.2) is 5.82 Å². The average molecular weight is 263 g/mol. The number of aryl methyl sites for hydroxylation is 1. The summed E-state index contributed by atoms with van der Waals surface area (Å²) in [6, 6.07) is 0.629. The van der Waals surface area contributed by atoms with Gasteiger partial charge >= 0.3 is 0 Å². The first-order valence-corrected chi connectivity index (χ1v) is 7.08. The number of nitrogens with zero attached hydrogens (tertiary/aromatic N) is 5. The highest BCUT2D eigenvalue weighted by Gasteiger charge is 2.30. The van der Waals surface area contributed by atoms with Crippen molar-refractivity contribution in [2.45, 2.75) is 45.3 Å². The minimum absolute atomic E-state index is 0.210. The lowest BCUT2D eigenvalue weighted by Gasteiger charge is -2.29. The first kappa shape index (κ1) is 12.6. The third kappa shape index (κ3) is 2.49. The van der Waals surface area contributed by atoms with E-state index >= 15 is 0 Å². The molecule has 3 rings (SSSR count). The number of likely N-dealkylation sites (N-methyl/N-ethyl adjacent to an activating group) is 1. The fourth-order valence-corrected chi connectivity index (χ4v) is 2.65. The Morgan fingerprint density at radius 3 is 2.84 bits per heavy atom. The Balaban J connectivity index is 1.62. The monoisotopic (exact) mass is 263 g/mol. The van der Waals surface area contributed by atoms with Crippen molar-refractivity contribution in [3.63, 3.8) is 0 Å². The lowest BCUT2D eigenvalue weighted by Crippen LogP contribution is -2.43. The molecule has 0 aromatic carbocycles. The molecule has 0 N–H and O–H groups in total. The average Bonchev–Trinajstić information content (AvgIpc) is 3.18. The SMILES string of the molecule is CCc1nnc2n1CCN(C(=O)CN(C)C1CC1)C2. The zero-order valence-electron chi connectivity index (χ0n) is 11.7. The van der Waals surface area contributed by atoms with Gasteiger partial charge in [0.05, 0.1) is 13.1 Å². The summed E-state index contributed by atoms with van der Waals surface area (Å²) in [4.78, 5) is 16.3. The molecule has 0 atom stereocenters. The molecular weight excluding hydrogens is 242 g/mol. The summed E-state index contributed by atoms with van der Waals surface area (Å²) in [7, 11) is 2.04. The second kappa shape index (κ2) is 4.92. The highest BCUT2D eigenvalue weighted by atomic mass is 16.2. The van der Waals surface area contributed by atoms with E-state index in [-0.39, 0.29) is 5.91 Å². The summed E-state index contributed by atoms with van der Waals surface area (Å²) >= 11 is 0. The van der Waals surface area contributed by atoms with Crippen LogP contribution in [0.5, 0.6) is 0 Å². The van der Waals surface area contributed by atoms with E-state index in [1.165, 1.54) is 12.8 Å². The molecule has 1 aromatic rings. The van der Waals surface area contributed by atoms with Crippen LogP contribution in [0.4, 0.5) is 0 Å². The molecule has 1 saturated carbocycles. The quantitative estimate of drug-likeness (QED) is 0.783. The maximum Gasteiger partial charge on any atom is 0.237 e. The Hall–Kier alpha value is -1.43. The van der Waals surface area contributed by atoms with Gasteiger partial charge in [-0.15, -0.1) is 10.2 Å². The van der Waals surface area contributed by atoms with Crippen molar-refractivity contribution < 1.29 is 4.79 Å². The van der Waals surface area contributed by atoms with E-state index in [2.05, 4.69) is 26.6 Å². The van der Waals surface area contributed by atoms with E-state index in [9.17, 15) is 4.79 Å². The van der Waals surface area contributed by atoms with Crippen molar-refractivity contribution in [1.29, 1.82) is 0 Å². The minimum Gasteiger partial charge on any atom is -0.332 e. The second-order valence-electron chi connectivity index (χ2n) is 5.50. The van der Waals surface area contributed by atoms with Crippen LogP contribution in [0.25, 0.3) is 0 Å². The van der Waals surface area contributed by atoms with Crippen molar-refractivity contribution in [3.05, 3.63) is 11.6 Å². The van der Waals surface area contributed by atoms with Crippen LogP contribution < -0.4 is 0 Å². The molecule has 2 heterocycles. The summed E-state index contributed by atoms with van der Waals surface area (Å²) < 4.78 is 2.15. The van der Waals surface area contributed by atoms with E-state index in [0.29, 0.717) is 19.1 Å². The van der Waals surface area contributed by atoms with Crippen molar-refractivity contribution in [2.24, 2.45) is 0 Å². The molecule has 1 aliphatic heterocycles. The predicted octanol–water partition coefficient (Wildman–Crippen LogP) is 0.277. The number of hydrogen-bond donors (Lipinski definition) is 0. The van der Waals surface area contributed by atoms with Crippen LogP contribution in [0, 0.1) is 0 Å². The van der Waals surface area contributed by atoms with Crippen LogP contribution in [0.2, 0.25) is 0 Å². The molecule has 0 bridgehead atoms. The molecule has 2 aliphatic rings. The van der Waals surface area contributed by atoms with Gasteiger partial charge in [0.2, 0.25) is 5.91 Å². The van der Waals surface area contributed by atoms with E-state index in [1.807, 2.05) is 11.9 Å². The highest BCUT2D eigenvalue weighted by molar-refractivity contribution is 5.78. The molecule has 0 radical (unpaired) electrons. The van der Waals surface area contributed by atoms with Crippen LogP contribution >= 0.6 is 0 Å². The molecule has 0 spiro atoms. The number of aromatic nitrogens is 3. The number of fused-ring (bicyclic) bond motifs is 1. The minimum atomic E-state index is 0.210. The lowest BCUT2D eigenvalue weighted by molar-refractivity contribution is -0.133. The third-order valence-electron chi connectivity index (χ3n) is 4.05. The Morgan fingerprint density at radius 1 is 1.37 bits per heavy atom. The van der Waals surface area contributed by atoms with Gasteiger partial charge in [-0.25, -0.2) is 0 Å². The first-order valence-electron chi connectivity index (χ1n) is 7.08. The molecule has 1 aliphatic carbocycles. The smallest absolute Gasteiger partial charge is 0.237 e. The number of carbonyl (C=O) groups is 1. The van der Waals surface area contributed by atoms with Crippen LogP contribution in [0.1, 0.15) is 31.4 Å². The molecule has 6 heteroatoms. The molecule has 19 heavy (non-hydrogen) atoms. The molecule has 6 nitrogen and oxygen atoms in total. The zero-order valence-corrected chi connectivity index (χ0v) is 11.7. The van der Waals surface area contributed by atoms with Gasteiger partial charge in [-0.05, 0) is 19.9 Å². The van der Waals surface area contributed by atoms with Crippen LogP contribution in [-0.4, -0.2) is 56.7 Å². The molecule has 1 fully saturated rings. The summed E-state index contributed by atoms with van der Waals surface area (Å²) in [6.45, 7) is 4.81. The van der Waals surface area contributed by atoms with Gasteiger partial charge in [-0.1, -0.05) is 6.92 Å². The van der Waals surface area contributed by atoms with Gasteiger partial charge in [0.1, 0.15) is 5.82 Å². The number of hydrogen-bond acceptors (Lipinski definition) is 4. The zero-order chi connectivity index (χ0) is 13.4. The van der Waals surface area contributed by atoms with Crippen LogP contribution in [0.3, 0.4) is 0 Å². The largest absolute Gasteiger partial charge is 0.332 e. The Morgan fingerprint density at radius 2 is 2.16 bits per heavy atom. The second-order valence-corrected chi connectivity index (χ2v) is 5.50. The van der Waals surface area contributed by atoms with E-state index in [4.69, 9.17) is 0 Å². The number of carbonyl (C=O) groups excluding carboxylic acids is 1. The third-order valence-corrected chi connectivity index (χ3v) is 4.05. The van der Waals surface area contributed by atoms with Crippen molar-refractivity contribution >= 4 is 5.91 Å². The van der Waals surface area contributed by atoms with Crippen molar-refractivity contribution in [3.8, 4) is 0 Å². The van der Waals surface area contributed by atoms with Crippen molar-refractivity contribution in [1.82, 2.24) is 24.6 Å². The maximum absolute atomic E-state index is 12.3. The standard InChI is InChI=1S/C13H21N5O/c1-3-11-14-15-12-8-17(6-7-18(11)12)13(19)9-16(2)10-4-5-10/h10H,3-9H2,1-2H3. The van der Waals surface area contributed by atoms with Gasteiger partial charge in [0, 0.05) is 25.6 Å². The lowest BCUT2D eigenvalue weighted by atomic mass is 10.3. The summed E-state index contributed by atoms with van der Waals surface area (Å²) in [5, 5.41) is 8.37. The number of rotatable bonds is 4. The van der Waals surface area contributed by atoms with Gasteiger partial charge < -0.3 is 9.47 Å². The first-order chi connectivity index (χ1) is 9.19. The molecule has 0 saturated heterocycles. The fraction of sp³-hybridized carbons (Fsp3) is 0.769. The fourth-order valence-electron chi connectivity index (χ4n) is 2.65. The van der Waals surface area contributed by atoms with Gasteiger partial charge in [-0.3, -0.25) is 9.69 Å². The topological polar surface area (TPSA) is 54.3 Å². The summed E-state index contributed by atoms with van der Waals surface area (Å²) in [5.74, 6) is 2.16. The van der Waals surface area contributed by atoms with Crippen molar-refractivity contribution in [2.75, 3.05) is 20.1 Å². The summed E-state index contributed by atoms with van der Waals surface area (Å²) in [6.07, 6.45) is 3.36. The Labute approximate surface area is 113 Å². The van der Waals surface area contributed by atoms with Gasteiger partial charge in [-0.2, -0.15) is 0 Å². The Bertz CT molecular complexity index is 479. The maximum atomic E-state index is 12.3. The van der Waals surface area contributed by atoms with Gasteiger partial charge in [0.25, 0.3) is 0 Å².